The molecule has 2 amide bonds. The number of hydrogen-bond acceptors (Lipinski definition) is 4. The number of carbonyl (C=O) groups excluding carboxylic acids is 2. The summed E-state index contributed by atoms with van der Waals surface area (Å²) in [7, 11) is 0. The van der Waals surface area contributed by atoms with E-state index in [1.165, 1.54) is 11.8 Å². The quantitative estimate of drug-likeness (QED) is 0.638. The molecule has 2 aromatic carbocycles. The molecule has 8 heteroatoms. The van der Waals surface area contributed by atoms with Crippen LogP contribution in [0.15, 0.2) is 41.3 Å². The van der Waals surface area contributed by atoms with Crippen LogP contribution in [0.1, 0.15) is 11.1 Å². The molecule has 0 aromatic heterocycles. The fourth-order valence-electron chi connectivity index (χ4n) is 3.39. The smallest absolute Gasteiger partial charge is 0.238 e. The Labute approximate surface area is 191 Å². The molecule has 0 atom stereocenters. The van der Waals surface area contributed by atoms with Gasteiger partial charge in [-0.1, -0.05) is 47.5 Å². The molecule has 0 saturated carbocycles. The summed E-state index contributed by atoms with van der Waals surface area (Å²) in [6.45, 7) is 6.84. The van der Waals surface area contributed by atoms with Gasteiger partial charge in [0.1, 0.15) is 0 Å². The molecule has 5 nitrogen and oxygen atoms in total. The zero-order valence-corrected chi connectivity index (χ0v) is 19.4. The summed E-state index contributed by atoms with van der Waals surface area (Å²) >= 11 is 13.7. The topological polar surface area (TPSA) is 52.7 Å². The minimum Gasteiger partial charge on any atom is -0.339 e. The number of hydrogen-bond donors (Lipinski definition) is 1. The normalized spacial score (nSPS) is 14.6. The molecule has 1 heterocycles. The van der Waals surface area contributed by atoms with Crippen molar-refractivity contribution in [2.75, 3.05) is 43.8 Å². The molecule has 1 aliphatic heterocycles. The number of carbonyl (C=O) groups is 2. The van der Waals surface area contributed by atoms with E-state index in [4.69, 9.17) is 23.2 Å². The molecule has 2 aromatic rings. The van der Waals surface area contributed by atoms with E-state index in [1.54, 1.807) is 18.2 Å². The van der Waals surface area contributed by atoms with Crippen LogP contribution in [-0.4, -0.2) is 60.1 Å². The summed E-state index contributed by atoms with van der Waals surface area (Å²) in [6.07, 6.45) is 0. The van der Waals surface area contributed by atoms with Gasteiger partial charge in [-0.2, -0.15) is 0 Å². The van der Waals surface area contributed by atoms with E-state index in [2.05, 4.69) is 10.2 Å². The maximum atomic E-state index is 12.6. The van der Waals surface area contributed by atoms with E-state index in [-0.39, 0.29) is 17.6 Å². The van der Waals surface area contributed by atoms with E-state index >= 15 is 0 Å². The van der Waals surface area contributed by atoms with E-state index in [0.29, 0.717) is 42.8 Å². The largest absolute Gasteiger partial charge is 0.339 e. The molecule has 30 heavy (non-hydrogen) atoms. The Morgan fingerprint density at radius 3 is 2.13 bits per heavy atom. The third-order valence-electron chi connectivity index (χ3n) is 5.10. The van der Waals surface area contributed by atoms with Gasteiger partial charge in [0.25, 0.3) is 0 Å². The van der Waals surface area contributed by atoms with Crippen LogP contribution in [-0.2, 0) is 9.59 Å². The Morgan fingerprint density at radius 1 is 0.967 bits per heavy atom. The third kappa shape index (κ3) is 5.91. The lowest BCUT2D eigenvalue weighted by Crippen LogP contribution is -2.50. The van der Waals surface area contributed by atoms with Gasteiger partial charge >= 0.3 is 0 Å². The van der Waals surface area contributed by atoms with Gasteiger partial charge in [0, 0.05) is 36.8 Å². The van der Waals surface area contributed by atoms with Crippen LogP contribution in [0, 0.1) is 13.8 Å². The van der Waals surface area contributed by atoms with Crippen molar-refractivity contribution < 1.29 is 9.59 Å². The first-order valence-electron chi connectivity index (χ1n) is 9.78. The highest BCUT2D eigenvalue weighted by molar-refractivity contribution is 8.00. The Balaban J connectivity index is 1.45. The Kier molecular flexibility index (Phi) is 8.06. The predicted molar refractivity (Wildman–Crippen MR) is 125 cm³/mol. The first kappa shape index (κ1) is 22.9. The molecule has 3 rings (SSSR count). The monoisotopic (exact) mass is 465 g/mol. The molecule has 1 fully saturated rings. The van der Waals surface area contributed by atoms with Gasteiger partial charge in [0.05, 0.1) is 22.3 Å². The lowest BCUT2D eigenvalue weighted by Gasteiger charge is -2.34. The van der Waals surface area contributed by atoms with Gasteiger partial charge in [0.15, 0.2) is 0 Å². The van der Waals surface area contributed by atoms with E-state index < -0.39 is 0 Å². The number of amides is 2. The first-order valence-corrected chi connectivity index (χ1v) is 11.5. The van der Waals surface area contributed by atoms with E-state index in [9.17, 15) is 9.59 Å². The fourth-order valence-corrected chi connectivity index (χ4v) is 4.98. The summed E-state index contributed by atoms with van der Waals surface area (Å²) in [5.41, 5.74) is 2.98. The molecule has 0 radical (unpaired) electrons. The van der Waals surface area contributed by atoms with Gasteiger partial charge in [-0.25, -0.2) is 0 Å². The number of piperazine rings is 1. The molecule has 0 unspecified atom stereocenters. The van der Waals surface area contributed by atoms with Crippen molar-refractivity contribution in [1.29, 1.82) is 0 Å². The SMILES string of the molecule is Cc1cccc(C)c1NC(=O)CN1CCN(C(=O)CSc2c(Cl)cccc2Cl)CC1. The van der Waals surface area contributed by atoms with Crippen LogP contribution in [0.4, 0.5) is 5.69 Å². The van der Waals surface area contributed by atoms with Crippen molar-refractivity contribution in [3.63, 3.8) is 0 Å². The minimum absolute atomic E-state index is 0.0314. The van der Waals surface area contributed by atoms with Crippen LogP contribution in [0.5, 0.6) is 0 Å². The highest BCUT2D eigenvalue weighted by Gasteiger charge is 2.23. The highest BCUT2D eigenvalue weighted by Crippen LogP contribution is 2.33. The average Bonchev–Trinajstić information content (AvgIpc) is 2.71. The van der Waals surface area contributed by atoms with Crippen LogP contribution >= 0.6 is 35.0 Å². The maximum absolute atomic E-state index is 12.6. The number of aryl methyl sites for hydroxylation is 2. The van der Waals surface area contributed by atoms with Crippen molar-refractivity contribution in [2.45, 2.75) is 18.7 Å². The Hall–Kier alpha value is -1.73. The fraction of sp³-hybridized carbons (Fsp3) is 0.364. The molecular weight excluding hydrogens is 441 g/mol. The number of para-hydroxylation sites is 1. The lowest BCUT2D eigenvalue weighted by molar-refractivity contribution is -0.130. The number of thioether (sulfide) groups is 1. The van der Waals surface area contributed by atoms with Crippen LogP contribution in [0.3, 0.4) is 0 Å². The zero-order valence-electron chi connectivity index (χ0n) is 17.1. The van der Waals surface area contributed by atoms with E-state index in [0.717, 1.165) is 21.7 Å². The number of rotatable bonds is 6. The van der Waals surface area contributed by atoms with Gasteiger partial charge < -0.3 is 10.2 Å². The van der Waals surface area contributed by atoms with Crippen molar-refractivity contribution >= 4 is 52.5 Å². The van der Waals surface area contributed by atoms with Crippen LogP contribution < -0.4 is 5.32 Å². The second-order valence-corrected chi connectivity index (χ2v) is 9.11. The third-order valence-corrected chi connectivity index (χ3v) is 7.07. The number of benzene rings is 2. The van der Waals surface area contributed by atoms with Crippen LogP contribution in [0.25, 0.3) is 0 Å². The first-order chi connectivity index (χ1) is 14.3. The molecule has 1 N–H and O–H groups in total. The van der Waals surface area contributed by atoms with E-state index in [1.807, 2.05) is 36.9 Å². The second-order valence-electron chi connectivity index (χ2n) is 7.31. The highest BCUT2D eigenvalue weighted by atomic mass is 35.5. The summed E-state index contributed by atoms with van der Waals surface area (Å²) in [4.78, 5) is 29.7. The van der Waals surface area contributed by atoms with Crippen molar-refractivity contribution in [3.05, 3.63) is 57.6 Å². The predicted octanol–water partition coefficient (Wildman–Crippen LogP) is 4.49. The summed E-state index contributed by atoms with van der Waals surface area (Å²) in [5, 5.41) is 4.13. The molecule has 1 saturated heterocycles. The minimum atomic E-state index is -0.0314. The molecule has 1 aliphatic rings. The number of nitrogens with zero attached hydrogens (tertiary/aromatic N) is 2. The molecule has 0 bridgehead atoms. The molecule has 0 aliphatic carbocycles. The lowest BCUT2D eigenvalue weighted by atomic mass is 10.1. The second kappa shape index (κ2) is 10.5. The summed E-state index contributed by atoms with van der Waals surface area (Å²) in [5.74, 6) is 0.308. The number of nitrogens with one attached hydrogen (secondary N) is 1. The number of anilines is 1. The molecule has 0 spiro atoms. The van der Waals surface area contributed by atoms with Gasteiger partial charge in [-0.3, -0.25) is 14.5 Å². The van der Waals surface area contributed by atoms with Gasteiger partial charge in [-0.15, -0.1) is 11.8 Å². The van der Waals surface area contributed by atoms with Crippen molar-refractivity contribution in [1.82, 2.24) is 9.80 Å². The summed E-state index contributed by atoms with van der Waals surface area (Å²) in [6, 6.07) is 11.3. The average molecular weight is 466 g/mol. The van der Waals surface area contributed by atoms with Gasteiger partial charge in [-0.05, 0) is 37.1 Å². The van der Waals surface area contributed by atoms with Crippen LogP contribution in [0.2, 0.25) is 10.0 Å². The maximum Gasteiger partial charge on any atom is 0.238 e. The number of halogens is 2. The Bertz CT molecular complexity index is 890. The Morgan fingerprint density at radius 2 is 1.53 bits per heavy atom. The van der Waals surface area contributed by atoms with Crippen molar-refractivity contribution in [3.8, 4) is 0 Å². The zero-order chi connectivity index (χ0) is 21.7. The molecular formula is C22H25Cl2N3O2S. The van der Waals surface area contributed by atoms with Gasteiger partial charge in [0.2, 0.25) is 11.8 Å². The molecule has 160 valence electrons. The van der Waals surface area contributed by atoms with Crippen molar-refractivity contribution in [2.24, 2.45) is 0 Å². The standard InChI is InChI=1S/C22H25Cl2N3O2S/c1-15-5-3-6-16(2)21(15)25-19(28)13-26-9-11-27(12-10-26)20(29)14-30-22-17(23)7-4-8-18(22)24/h3-8H,9-14H2,1-2H3,(H,25,28). The summed E-state index contributed by atoms with van der Waals surface area (Å²) < 4.78 is 0.